The molecule has 9 nitrogen and oxygen atoms in total. The minimum Gasteiger partial charge on any atom is -0.463 e. The molecule has 1 aromatic rings. The lowest BCUT2D eigenvalue weighted by Gasteiger charge is -2.27. The molecule has 3 heterocycles. The molecule has 2 unspecified atom stereocenters. The molecule has 4 N–H and O–H groups in total. The zero-order valence-electron chi connectivity index (χ0n) is 16.9. The molecular weight excluding hydrogens is 384 g/mol. The number of fused-ring (bicyclic) bond motifs is 1. The van der Waals surface area contributed by atoms with Gasteiger partial charge in [-0.15, -0.1) is 0 Å². The van der Waals surface area contributed by atoms with Crippen molar-refractivity contribution in [3.8, 4) is 0 Å². The van der Waals surface area contributed by atoms with Gasteiger partial charge in [-0.1, -0.05) is 44.4 Å². The smallest absolute Gasteiger partial charge is 0.305 e. The third-order valence-electron chi connectivity index (χ3n) is 4.79. The molecule has 1 aromatic heterocycles. The fourth-order valence-corrected chi connectivity index (χ4v) is 4.18. The number of rotatable bonds is 9. The Morgan fingerprint density at radius 2 is 2.21 bits per heavy atom. The lowest BCUT2D eigenvalue weighted by atomic mass is 10.1. The normalized spacial score (nSPS) is 28.1. The Balaban J connectivity index is 1.53. The van der Waals surface area contributed by atoms with E-state index in [2.05, 4.69) is 16.9 Å². The lowest BCUT2D eigenvalue weighted by Crippen LogP contribution is -2.43. The molecule has 0 aromatic carbocycles. The monoisotopic (exact) mass is 413 g/mol. The van der Waals surface area contributed by atoms with Crippen LogP contribution in [0.25, 0.3) is 0 Å². The van der Waals surface area contributed by atoms with Crippen LogP contribution in [0.15, 0.2) is 11.1 Å². The number of aromatic nitrogens is 2. The number of carbonyl (C=O) groups excluding carboxylic acids is 1. The van der Waals surface area contributed by atoms with Crippen LogP contribution in [0.1, 0.15) is 46.8 Å². The SMILES string of the molecule is [2H]C(CCCCCC)C(=O)OC[C@H]1OC(N2CSc3cnc(N)nc32)[C@H](O)[C@@H]1O. The number of ether oxygens (including phenoxy) is 2. The molecule has 2 aliphatic rings. The number of aliphatic hydroxyl groups excluding tert-OH is 2. The molecule has 0 amide bonds. The van der Waals surface area contributed by atoms with Crippen molar-refractivity contribution in [2.75, 3.05) is 23.1 Å². The van der Waals surface area contributed by atoms with Gasteiger partial charge in [-0.05, 0) is 6.42 Å². The number of anilines is 2. The average Bonchev–Trinajstić information content (AvgIpc) is 3.24. The maximum absolute atomic E-state index is 12.0. The lowest BCUT2D eigenvalue weighted by molar-refractivity contribution is -0.149. The summed E-state index contributed by atoms with van der Waals surface area (Å²) in [5.74, 6) is 0.462. The zero-order valence-corrected chi connectivity index (χ0v) is 16.7. The predicted octanol–water partition coefficient (Wildman–Crippen LogP) is 1.28. The molecule has 5 atom stereocenters. The van der Waals surface area contributed by atoms with Crippen LogP contribution in [0.4, 0.5) is 11.8 Å². The molecule has 1 saturated heterocycles. The van der Waals surface area contributed by atoms with Gasteiger partial charge >= 0.3 is 5.97 Å². The van der Waals surface area contributed by atoms with Crippen LogP contribution < -0.4 is 10.6 Å². The summed E-state index contributed by atoms with van der Waals surface area (Å²) in [7, 11) is 0. The predicted molar refractivity (Wildman–Crippen MR) is 105 cm³/mol. The summed E-state index contributed by atoms with van der Waals surface area (Å²) in [5, 5.41) is 20.8. The molecule has 0 bridgehead atoms. The van der Waals surface area contributed by atoms with Gasteiger partial charge in [0.05, 0.1) is 10.8 Å². The van der Waals surface area contributed by atoms with Crippen LogP contribution in [-0.4, -0.2) is 63.2 Å². The number of nitrogen functional groups attached to an aromatic ring is 1. The fourth-order valence-electron chi connectivity index (χ4n) is 3.22. The van der Waals surface area contributed by atoms with Gasteiger partial charge in [0.25, 0.3) is 0 Å². The minimum atomic E-state index is -1.23. The number of aliphatic hydroxyl groups is 2. The van der Waals surface area contributed by atoms with E-state index in [0.717, 1.165) is 30.6 Å². The third-order valence-corrected chi connectivity index (χ3v) is 5.80. The van der Waals surface area contributed by atoms with Crippen molar-refractivity contribution in [1.82, 2.24) is 9.97 Å². The van der Waals surface area contributed by atoms with Crippen LogP contribution in [-0.2, 0) is 14.3 Å². The highest BCUT2D eigenvalue weighted by Crippen LogP contribution is 2.40. The molecule has 3 rings (SSSR count). The van der Waals surface area contributed by atoms with Gasteiger partial charge in [0.15, 0.2) is 12.0 Å². The second-order valence-corrected chi connectivity index (χ2v) is 7.88. The van der Waals surface area contributed by atoms with Gasteiger partial charge in [-0.2, -0.15) is 4.98 Å². The summed E-state index contributed by atoms with van der Waals surface area (Å²) in [5.41, 5.74) is 5.66. The van der Waals surface area contributed by atoms with Gasteiger partial charge in [0.1, 0.15) is 24.9 Å². The summed E-state index contributed by atoms with van der Waals surface area (Å²) in [6.07, 6.45) is 0.888. The Kier molecular flexibility index (Phi) is 6.84. The summed E-state index contributed by atoms with van der Waals surface area (Å²) >= 11 is 1.47. The van der Waals surface area contributed by atoms with E-state index in [1.54, 1.807) is 11.1 Å². The highest BCUT2D eigenvalue weighted by molar-refractivity contribution is 7.99. The Morgan fingerprint density at radius 1 is 1.43 bits per heavy atom. The van der Waals surface area contributed by atoms with Gasteiger partial charge < -0.3 is 30.3 Å². The Bertz CT molecular complexity index is 715. The molecule has 2 aliphatic heterocycles. The highest BCUT2D eigenvalue weighted by atomic mass is 32.2. The van der Waals surface area contributed by atoms with E-state index in [1.165, 1.54) is 11.8 Å². The summed E-state index contributed by atoms with van der Waals surface area (Å²) in [6, 6.07) is 0. The first-order valence-electron chi connectivity index (χ1n) is 10.1. The van der Waals surface area contributed by atoms with Crippen molar-refractivity contribution in [2.45, 2.75) is 74.9 Å². The zero-order chi connectivity index (χ0) is 21.0. The van der Waals surface area contributed by atoms with E-state index in [4.69, 9.17) is 16.6 Å². The van der Waals surface area contributed by atoms with Crippen molar-refractivity contribution < 1.29 is 25.9 Å². The van der Waals surface area contributed by atoms with Gasteiger partial charge in [0.2, 0.25) is 5.95 Å². The maximum Gasteiger partial charge on any atom is 0.305 e. The topological polar surface area (TPSA) is 131 Å². The fraction of sp³-hybridized carbons (Fsp3) is 0.722. The number of nitrogens with zero attached hydrogens (tertiary/aromatic N) is 3. The van der Waals surface area contributed by atoms with E-state index in [0.29, 0.717) is 18.1 Å². The standard InChI is InChI=1S/C18H28N4O5S/c1-2-3-4-5-6-7-13(23)26-9-11-14(24)15(25)17(27-11)22-10-28-12-8-20-18(19)21-16(12)22/h8,11,14-15,17,24-25H,2-7,9-10H2,1H3,(H2,19,20,21)/t11-,14-,15-,17?/m1/s1/i7D/t7?,11-,14-,15-,17?. The van der Waals surface area contributed by atoms with Gasteiger partial charge in [-0.25, -0.2) is 4.98 Å². The summed E-state index contributed by atoms with van der Waals surface area (Å²) < 4.78 is 18.8. The second kappa shape index (κ2) is 9.73. The van der Waals surface area contributed by atoms with Crippen LogP contribution >= 0.6 is 11.8 Å². The van der Waals surface area contributed by atoms with E-state index in [9.17, 15) is 15.0 Å². The Morgan fingerprint density at radius 3 is 3.00 bits per heavy atom. The van der Waals surface area contributed by atoms with Crippen LogP contribution in [0.2, 0.25) is 0 Å². The minimum absolute atomic E-state index is 0.107. The summed E-state index contributed by atoms with van der Waals surface area (Å²) in [6.45, 7) is 1.88. The van der Waals surface area contributed by atoms with Crippen molar-refractivity contribution in [1.29, 1.82) is 0 Å². The Hall–Kier alpha value is -1.62. The van der Waals surface area contributed by atoms with Crippen molar-refractivity contribution in [2.24, 2.45) is 0 Å². The quantitative estimate of drug-likeness (QED) is 0.402. The highest BCUT2D eigenvalue weighted by Gasteiger charge is 2.48. The van der Waals surface area contributed by atoms with Crippen molar-refractivity contribution >= 4 is 29.5 Å². The molecule has 0 saturated carbocycles. The molecule has 1 fully saturated rings. The van der Waals surface area contributed by atoms with Gasteiger partial charge in [-0.3, -0.25) is 4.79 Å². The number of nitrogens with two attached hydrogens (primary N) is 1. The van der Waals surface area contributed by atoms with Crippen molar-refractivity contribution in [3.05, 3.63) is 6.20 Å². The first kappa shape index (κ1) is 19.7. The number of hydrogen-bond acceptors (Lipinski definition) is 10. The molecule has 0 radical (unpaired) electrons. The van der Waals surface area contributed by atoms with E-state index in [-0.39, 0.29) is 12.6 Å². The molecule has 28 heavy (non-hydrogen) atoms. The van der Waals surface area contributed by atoms with E-state index in [1.807, 2.05) is 0 Å². The Labute approximate surface area is 170 Å². The molecule has 10 heteroatoms. The van der Waals surface area contributed by atoms with Crippen LogP contribution in [0.3, 0.4) is 0 Å². The first-order chi connectivity index (χ1) is 13.9. The molecule has 156 valence electrons. The maximum atomic E-state index is 12.0. The number of unbranched alkanes of at least 4 members (excludes halogenated alkanes) is 3. The molecule has 0 aliphatic carbocycles. The average molecular weight is 414 g/mol. The summed E-state index contributed by atoms with van der Waals surface area (Å²) in [4.78, 5) is 22.7. The molecule has 0 spiro atoms. The van der Waals surface area contributed by atoms with Gasteiger partial charge in [0, 0.05) is 14.0 Å². The van der Waals surface area contributed by atoms with Crippen LogP contribution in [0.5, 0.6) is 0 Å². The molecular formula is C18H28N4O5S. The first-order valence-corrected chi connectivity index (χ1v) is 10.5. The number of thioether (sulfide) groups is 1. The number of carbonyl (C=O) groups is 1. The number of esters is 1. The largest absolute Gasteiger partial charge is 0.463 e. The van der Waals surface area contributed by atoms with E-state index < -0.39 is 36.9 Å². The van der Waals surface area contributed by atoms with Crippen LogP contribution in [0, 0.1) is 0 Å². The van der Waals surface area contributed by atoms with Crippen molar-refractivity contribution in [3.63, 3.8) is 0 Å². The second-order valence-electron chi connectivity index (χ2n) is 6.89. The van der Waals surface area contributed by atoms with E-state index >= 15 is 0 Å². The number of hydrogen-bond donors (Lipinski definition) is 3. The third kappa shape index (κ3) is 4.86.